The Labute approximate surface area is 102 Å². The summed E-state index contributed by atoms with van der Waals surface area (Å²) in [6, 6.07) is -0.272. The van der Waals surface area contributed by atoms with Crippen molar-refractivity contribution < 1.29 is 14.7 Å². The van der Waals surface area contributed by atoms with Crippen LogP contribution in [0.3, 0.4) is 0 Å². The number of carbonyl (C=O) groups is 2. The first kappa shape index (κ1) is 13.8. The topological polar surface area (TPSA) is 60.9 Å². The molecule has 5 heteroatoms. The molecular formula is C12H22N2O3. The Balaban J connectivity index is 2.60. The number of carbonyl (C=O) groups excluding carboxylic acids is 1. The van der Waals surface area contributed by atoms with E-state index < -0.39 is 5.97 Å². The minimum Gasteiger partial charge on any atom is -0.481 e. The summed E-state index contributed by atoms with van der Waals surface area (Å²) in [6.07, 6.45) is 1.04. The summed E-state index contributed by atoms with van der Waals surface area (Å²) >= 11 is 0. The Morgan fingerprint density at radius 2 is 2.18 bits per heavy atom. The average Bonchev–Trinajstić information content (AvgIpc) is 2.64. The zero-order valence-electron chi connectivity index (χ0n) is 10.8. The van der Waals surface area contributed by atoms with Crippen molar-refractivity contribution in [3.63, 3.8) is 0 Å². The van der Waals surface area contributed by atoms with Crippen molar-refractivity contribution >= 4 is 12.0 Å². The minimum absolute atomic E-state index is 0.00295. The minimum atomic E-state index is -0.862. The molecule has 5 nitrogen and oxygen atoms in total. The van der Waals surface area contributed by atoms with Gasteiger partial charge in [-0.3, -0.25) is 4.79 Å². The highest BCUT2D eigenvalue weighted by Gasteiger charge is 2.29. The van der Waals surface area contributed by atoms with Gasteiger partial charge < -0.3 is 14.9 Å². The van der Waals surface area contributed by atoms with Crippen LogP contribution in [0.25, 0.3) is 0 Å². The number of carboxylic acid groups (broad SMARTS) is 1. The molecule has 1 rings (SSSR count). The molecule has 1 fully saturated rings. The third-order valence-electron chi connectivity index (χ3n) is 3.28. The normalized spacial score (nSPS) is 21.4. The Hall–Kier alpha value is -1.26. The molecule has 0 aromatic heterocycles. The number of aliphatic carboxylic acids is 1. The van der Waals surface area contributed by atoms with Crippen molar-refractivity contribution in [3.8, 4) is 0 Å². The summed E-state index contributed by atoms with van der Waals surface area (Å²) in [5.74, 6) is -0.314. The molecule has 0 aliphatic carbocycles. The van der Waals surface area contributed by atoms with Gasteiger partial charge in [0.2, 0.25) is 0 Å². The fourth-order valence-electron chi connectivity index (χ4n) is 2.29. The van der Waals surface area contributed by atoms with Crippen molar-refractivity contribution in [2.45, 2.75) is 39.7 Å². The predicted octanol–water partition coefficient (Wildman–Crippen LogP) is 1.63. The maximum atomic E-state index is 12.2. The highest BCUT2D eigenvalue weighted by atomic mass is 16.4. The number of amides is 2. The van der Waals surface area contributed by atoms with E-state index in [-0.39, 0.29) is 18.5 Å². The average molecular weight is 242 g/mol. The molecule has 1 aliphatic heterocycles. The smallest absolute Gasteiger partial charge is 0.320 e. The zero-order chi connectivity index (χ0) is 13.0. The second kappa shape index (κ2) is 5.89. The van der Waals surface area contributed by atoms with Crippen LogP contribution in [0.5, 0.6) is 0 Å². The highest BCUT2D eigenvalue weighted by Crippen LogP contribution is 2.18. The van der Waals surface area contributed by atoms with Crippen LogP contribution in [0.2, 0.25) is 0 Å². The molecule has 0 saturated carbocycles. The van der Waals surface area contributed by atoms with E-state index in [9.17, 15) is 9.59 Å². The second-order valence-corrected chi connectivity index (χ2v) is 4.86. The van der Waals surface area contributed by atoms with E-state index in [1.165, 1.54) is 0 Å². The van der Waals surface area contributed by atoms with E-state index in [1.54, 1.807) is 11.8 Å². The molecule has 17 heavy (non-hydrogen) atoms. The summed E-state index contributed by atoms with van der Waals surface area (Å²) in [4.78, 5) is 26.3. The molecule has 0 spiro atoms. The van der Waals surface area contributed by atoms with Crippen molar-refractivity contribution in [2.24, 2.45) is 5.92 Å². The maximum Gasteiger partial charge on any atom is 0.320 e. The standard InChI is InChI=1S/C12H22N2O3/c1-4-14(10(3)7-11(15)16)12(17)13-6-5-9(2)8-13/h9-10H,4-8H2,1-3H3,(H,15,16). The monoisotopic (exact) mass is 242 g/mol. The summed E-state index contributed by atoms with van der Waals surface area (Å²) < 4.78 is 0. The van der Waals surface area contributed by atoms with Crippen LogP contribution in [0.4, 0.5) is 4.79 Å². The quantitative estimate of drug-likeness (QED) is 0.815. The van der Waals surface area contributed by atoms with Gasteiger partial charge in [-0.25, -0.2) is 4.79 Å². The summed E-state index contributed by atoms with van der Waals surface area (Å²) in [6.45, 7) is 7.93. The number of hydrogen-bond acceptors (Lipinski definition) is 2. The number of urea groups is 1. The largest absolute Gasteiger partial charge is 0.481 e. The van der Waals surface area contributed by atoms with Crippen molar-refractivity contribution in [3.05, 3.63) is 0 Å². The van der Waals surface area contributed by atoms with Gasteiger partial charge in [-0.05, 0) is 26.2 Å². The van der Waals surface area contributed by atoms with Gasteiger partial charge in [-0.15, -0.1) is 0 Å². The van der Waals surface area contributed by atoms with Gasteiger partial charge in [-0.1, -0.05) is 6.92 Å². The fourth-order valence-corrected chi connectivity index (χ4v) is 2.29. The number of nitrogens with zero attached hydrogens (tertiary/aromatic N) is 2. The first-order chi connectivity index (χ1) is 7.95. The Morgan fingerprint density at radius 1 is 1.53 bits per heavy atom. The Bertz CT molecular complexity index is 293. The molecule has 1 heterocycles. The molecule has 1 N–H and O–H groups in total. The van der Waals surface area contributed by atoms with Crippen molar-refractivity contribution in [1.29, 1.82) is 0 Å². The van der Waals surface area contributed by atoms with E-state index in [4.69, 9.17) is 5.11 Å². The lowest BCUT2D eigenvalue weighted by Crippen LogP contribution is -2.47. The second-order valence-electron chi connectivity index (χ2n) is 4.86. The van der Waals surface area contributed by atoms with Gasteiger partial charge in [0.15, 0.2) is 0 Å². The van der Waals surface area contributed by atoms with E-state index in [2.05, 4.69) is 6.92 Å². The fraction of sp³-hybridized carbons (Fsp3) is 0.833. The molecular weight excluding hydrogens is 220 g/mol. The molecule has 0 bridgehead atoms. The number of likely N-dealkylation sites (tertiary alicyclic amines) is 1. The lowest BCUT2D eigenvalue weighted by molar-refractivity contribution is -0.138. The van der Waals surface area contributed by atoms with Crippen LogP contribution in [0.1, 0.15) is 33.6 Å². The summed E-state index contributed by atoms with van der Waals surface area (Å²) in [5, 5.41) is 8.77. The summed E-state index contributed by atoms with van der Waals surface area (Å²) in [7, 11) is 0. The zero-order valence-corrected chi connectivity index (χ0v) is 10.8. The first-order valence-corrected chi connectivity index (χ1v) is 6.23. The van der Waals surface area contributed by atoms with Crippen molar-refractivity contribution in [1.82, 2.24) is 9.80 Å². The molecule has 2 atom stereocenters. The molecule has 0 aromatic carbocycles. The lowest BCUT2D eigenvalue weighted by atomic mass is 10.2. The van der Waals surface area contributed by atoms with E-state index in [0.717, 1.165) is 19.5 Å². The van der Waals surface area contributed by atoms with Crippen LogP contribution >= 0.6 is 0 Å². The van der Waals surface area contributed by atoms with Gasteiger partial charge in [0, 0.05) is 25.7 Å². The Kier molecular flexibility index (Phi) is 4.78. The van der Waals surface area contributed by atoms with E-state index >= 15 is 0 Å². The number of carboxylic acids is 1. The lowest BCUT2D eigenvalue weighted by Gasteiger charge is -2.31. The van der Waals surface area contributed by atoms with Crippen LogP contribution in [-0.4, -0.2) is 52.6 Å². The van der Waals surface area contributed by atoms with Crippen LogP contribution < -0.4 is 0 Å². The Morgan fingerprint density at radius 3 is 2.59 bits per heavy atom. The molecule has 2 unspecified atom stereocenters. The van der Waals surface area contributed by atoms with Gasteiger partial charge >= 0.3 is 12.0 Å². The van der Waals surface area contributed by atoms with Gasteiger partial charge in [-0.2, -0.15) is 0 Å². The van der Waals surface area contributed by atoms with Gasteiger partial charge in [0.25, 0.3) is 0 Å². The van der Waals surface area contributed by atoms with E-state index in [1.807, 2.05) is 11.8 Å². The molecule has 1 saturated heterocycles. The molecule has 0 aromatic rings. The summed E-state index contributed by atoms with van der Waals surface area (Å²) in [5.41, 5.74) is 0. The maximum absolute atomic E-state index is 12.2. The van der Waals surface area contributed by atoms with Crippen LogP contribution in [0.15, 0.2) is 0 Å². The van der Waals surface area contributed by atoms with E-state index in [0.29, 0.717) is 12.5 Å². The highest BCUT2D eigenvalue weighted by molar-refractivity contribution is 5.76. The number of hydrogen-bond donors (Lipinski definition) is 1. The SMILES string of the molecule is CCN(C(=O)N1CCC(C)C1)C(C)CC(=O)O. The van der Waals surface area contributed by atoms with Crippen LogP contribution in [0, 0.1) is 5.92 Å². The number of rotatable bonds is 4. The van der Waals surface area contributed by atoms with Gasteiger partial charge in [0.1, 0.15) is 0 Å². The van der Waals surface area contributed by atoms with Gasteiger partial charge in [0.05, 0.1) is 6.42 Å². The predicted molar refractivity (Wildman–Crippen MR) is 64.8 cm³/mol. The molecule has 0 radical (unpaired) electrons. The third kappa shape index (κ3) is 3.61. The third-order valence-corrected chi connectivity index (χ3v) is 3.28. The van der Waals surface area contributed by atoms with Crippen LogP contribution in [-0.2, 0) is 4.79 Å². The molecule has 1 aliphatic rings. The first-order valence-electron chi connectivity index (χ1n) is 6.23. The molecule has 2 amide bonds. The van der Waals surface area contributed by atoms with Crippen molar-refractivity contribution in [2.75, 3.05) is 19.6 Å². The molecule has 98 valence electrons.